The van der Waals surface area contributed by atoms with Crippen LogP contribution in [0.4, 0.5) is 0 Å². The zero-order valence-electron chi connectivity index (χ0n) is 13.3. The molecule has 0 spiro atoms. The van der Waals surface area contributed by atoms with Crippen molar-refractivity contribution in [3.63, 3.8) is 0 Å². The Morgan fingerprint density at radius 1 is 1.04 bits per heavy atom. The topological polar surface area (TPSA) is 114 Å². The second-order valence-corrected chi connectivity index (χ2v) is 5.14. The molecule has 3 rings (SSSR count). The van der Waals surface area contributed by atoms with Crippen LogP contribution in [0.1, 0.15) is 21.6 Å². The van der Waals surface area contributed by atoms with E-state index in [2.05, 4.69) is 4.98 Å². The van der Waals surface area contributed by atoms with E-state index in [1.807, 2.05) is 0 Å². The predicted octanol–water partition coefficient (Wildman–Crippen LogP) is -0.408. The number of hydrogen-bond donors (Lipinski definition) is 3. The second kappa shape index (κ2) is 7.57. The van der Waals surface area contributed by atoms with E-state index in [9.17, 15) is 20.1 Å². The molecule has 0 aliphatic rings. The average molecular weight is 345 g/mol. The van der Waals surface area contributed by atoms with E-state index in [1.54, 1.807) is 36.4 Å². The van der Waals surface area contributed by atoms with Crippen LogP contribution in [-0.2, 0) is 0 Å². The summed E-state index contributed by atoms with van der Waals surface area (Å²) in [4.78, 5) is 15.3. The summed E-state index contributed by atoms with van der Waals surface area (Å²) in [5, 5.41) is 40.3. The van der Waals surface area contributed by atoms with E-state index in [-0.39, 0.29) is 52.1 Å². The summed E-state index contributed by atoms with van der Waals surface area (Å²) in [5.74, 6) is -2.41. The molecule has 0 saturated heterocycles. The van der Waals surface area contributed by atoms with Crippen molar-refractivity contribution in [1.82, 2.24) is 4.98 Å². The molecule has 1 heterocycles. The molecule has 6 nitrogen and oxygen atoms in total. The monoisotopic (exact) mass is 345 g/mol. The Kier molecular flexibility index (Phi) is 5.69. The van der Waals surface area contributed by atoms with Crippen LogP contribution in [0.3, 0.4) is 0 Å². The normalized spacial score (nSPS) is 10.7. The van der Waals surface area contributed by atoms with Gasteiger partial charge in [-0.3, -0.25) is 0 Å². The number of aromatic hydroxyl groups is 2. The average Bonchev–Trinajstić information content (AvgIpc) is 2.56. The molecule has 0 amide bonds. The van der Waals surface area contributed by atoms with E-state index >= 15 is 0 Å². The van der Waals surface area contributed by atoms with Gasteiger partial charge in [-0.1, -0.05) is 36.1 Å². The minimum absolute atomic E-state index is 0. The second-order valence-electron chi connectivity index (χ2n) is 5.14. The van der Waals surface area contributed by atoms with Crippen molar-refractivity contribution in [3.05, 3.63) is 59.3 Å². The fourth-order valence-electron chi connectivity index (χ4n) is 2.27. The van der Waals surface area contributed by atoms with Gasteiger partial charge in [-0.15, -0.1) is 0 Å². The van der Waals surface area contributed by atoms with Crippen molar-refractivity contribution in [2.75, 3.05) is 0 Å². The van der Waals surface area contributed by atoms with Gasteiger partial charge >= 0.3 is 35.5 Å². The Labute approximate surface area is 165 Å². The van der Waals surface area contributed by atoms with Crippen LogP contribution in [0.25, 0.3) is 23.1 Å². The molecule has 0 saturated carbocycles. The van der Waals surface area contributed by atoms with Gasteiger partial charge in [-0.25, -0.2) is 9.78 Å². The Balaban J connectivity index is 0.00000225. The molecular formula is C18H12NNaO5. The first-order valence-electron chi connectivity index (χ1n) is 7.00. The number of aromatic nitrogens is 1. The summed E-state index contributed by atoms with van der Waals surface area (Å²) in [5.41, 5.74) is 1.07. The first kappa shape index (κ1) is 18.8. The summed E-state index contributed by atoms with van der Waals surface area (Å²) >= 11 is 0. The summed E-state index contributed by atoms with van der Waals surface area (Å²) in [6.07, 6.45) is 3.27. The number of phenols is 2. The molecular weight excluding hydrogens is 333 g/mol. The minimum atomic E-state index is -1.23. The number of fused-ring (bicyclic) bond motifs is 1. The van der Waals surface area contributed by atoms with E-state index in [0.29, 0.717) is 16.6 Å². The number of carboxylic acid groups (broad SMARTS) is 1. The van der Waals surface area contributed by atoms with Gasteiger partial charge in [0.2, 0.25) is 0 Å². The molecule has 3 N–H and O–H groups in total. The third-order valence-corrected chi connectivity index (χ3v) is 3.52. The van der Waals surface area contributed by atoms with Gasteiger partial charge < -0.3 is 20.4 Å². The molecule has 0 radical (unpaired) electrons. The zero-order valence-corrected chi connectivity index (χ0v) is 15.3. The maximum atomic E-state index is 11.2. The van der Waals surface area contributed by atoms with Gasteiger partial charge in [0.15, 0.2) is 5.75 Å². The fraction of sp³-hybridized carbons (Fsp3) is 0. The Hall–Kier alpha value is -2.54. The van der Waals surface area contributed by atoms with Gasteiger partial charge in [-0.05, 0) is 29.8 Å². The predicted molar refractivity (Wildman–Crippen MR) is 86.8 cm³/mol. The van der Waals surface area contributed by atoms with Crippen molar-refractivity contribution >= 4 is 29.0 Å². The Bertz CT molecular complexity index is 985. The summed E-state index contributed by atoms with van der Waals surface area (Å²) in [6.45, 7) is 0. The molecule has 0 unspecified atom stereocenters. The van der Waals surface area contributed by atoms with Crippen LogP contribution in [0.15, 0.2) is 42.5 Å². The van der Waals surface area contributed by atoms with Gasteiger partial charge in [0.05, 0.1) is 5.69 Å². The quantitative estimate of drug-likeness (QED) is 0.556. The molecule has 2 aromatic carbocycles. The molecule has 7 heteroatoms. The third kappa shape index (κ3) is 3.93. The standard InChI is InChI=1S/C18H13NO5.Na/c20-14-8-2-10(9-15(14)21)1-5-12-6-3-11-4-7-13(18(23)24)17(22)16(11)19-12;/h1-9,20-22H,(H,23,24);/q;+1/p-1/b5-1+;. The van der Waals surface area contributed by atoms with Gasteiger partial charge in [0.25, 0.3) is 0 Å². The molecule has 0 fully saturated rings. The summed E-state index contributed by atoms with van der Waals surface area (Å²) < 4.78 is 0. The number of phenolic OH excluding ortho intramolecular Hbond substituents is 1. The van der Waals surface area contributed by atoms with E-state index in [1.165, 1.54) is 18.2 Å². The number of nitrogens with zero attached hydrogens (tertiary/aromatic N) is 1. The first-order valence-corrected chi connectivity index (χ1v) is 7.00. The van der Waals surface area contributed by atoms with Crippen molar-refractivity contribution in [1.29, 1.82) is 0 Å². The maximum absolute atomic E-state index is 11.2. The number of carbonyl (C=O) groups is 1. The van der Waals surface area contributed by atoms with Crippen LogP contribution in [-0.4, -0.2) is 26.3 Å². The number of aromatic carboxylic acids is 1. The van der Waals surface area contributed by atoms with Crippen LogP contribution >= 0.6 is 0 Å². The van der Waals surface area contributed by atoms with Crippen molar-refractivity contribution in [2.45, 2.75) is 0 Å². The van der Waals surface area contributed by atoms with Gasteiger partial charge in [0, 0.05) is 5.39 Å². The number of carboxylic acids is 1. The maximum Gasteiger partial charge on any atom is 1.00 e. The van der Waals surface area contributed by atoms with E-state index in [0.717, 1.165) is 0 Å². The Morgan fingerprint density at radius 2 is 1.76 bits per heavy atom. The molecule has 0 aliphatic carbocycles. The largest absolute Gasteiger partial charge is 1.00 e. The molecule has 0 bridgehead atoms. The molecule has 0 aliphatic heterocycles. The van der Waals surface area contributed by atoms with Crippen LogP contribution < -0.4 is 34.7 Å². The number of rotatable bonds is 3. The van der Waals surface area contributed by atoms with Crippen LogP contribution in [0.2, 0.25) is 0 Å². The number of hydrogen-bond acceptors (Lipinski definition) is 5. The smallest absolute Gasteiger partial charge is 0.870 e. The SMILES string of the molecule is O=C(O)c1ccc2ccc(/C=C/c3ccc([O-])c(O)c3)nc2c1O.[Na+]. The molecule has 120 valence electrons. The molecule has 1 aromatic heterocycles. The molecule has 0 atom stereocenters. The zero-order chi connectivity index (χ0) is 17.3. The first-order chi connectivity index (χ1) is 11.5. The molecule has 3 aromatic rings. The van der Waals surface area contributed by atoms with Crippen molar-refractivity contribution < 1.29 is 54.8 Å². The Morgan fingerprint density at radius 3 is 2.44 bits per heavy atom. The van der Waals surface area contributed by atoms with E-state index in [4.69, 9.17) is 5.11 Å². The fourth-order valence-corrected chi connectivity index (χ4v) is 2.27. The number of pyridine rings is 1. The number of benzene rings is 2. The van der Waals surface area contributed by atoms with Crippen LogP contribution in [0.5, 0.6) is 17.2 Å². The van der Waals surface area contributed by atoms with Gasteiger partial charge in [0.1, 0.15) is 16.8 Å². The van der Waals surface area contributed by atoms with E-state index < -0.39 is 11.7 Å². The summed E-state index contributed by atoms with van der Waals surface area (Å²) in [7, 11) is 0. The van der Waals surface area contributed by atoms with Gasteiger partial charge in [-0.2, -0.15) is 0 Å². The third-order valence-electron chi connectivity index (χ3n) is 3.52. The van der Waals surface area contributed by atoms with Crippen molar-refractivity contribution in [2.24, 2.45) is 0 Å². The molecule has 25 heavy (non-hydrogen) atoms. The summed E-state index contributed by atoms with van der Waals surface area (Å²) in [6, 6.07) is 10.5. The minimum Gasteiger partial charge on any atom is -0.870 e. The van der Waals surface area contributed by atoms with Crippen LogP contribution in [0, 0.1) is 0 Å². The van der Waals surface area contributed by atoms with Crippen molar-refractivity contribution in [3.8, 4) is 17.2 Å².